The summed E-state index contributed by atoms with van der Waals surface area (Å²) in [6, 6.07) is 8.75. The lowest BCUT2D eigenvalue weighted by Crippen LogP contribution is -2.40. The molecule has 0 saturated carbocycles. The van der Waals surface area contributed by atoms with E-state index in [2.05, 4.69) is 20.5 Å². The minimum absolute atomic E-state index is 0. The number of hydrogen-bond acceptors (Lipinski definition) is 4. The van der Waals surface area contributed by atoms with Gasteiger partial charge in [0, 0.05) is 62.8 Å². The normalized spacial score (nSPS) is 14.9. The predicted octanol–water partition coefficient (Wildman–Crippen LogP) is 3.56. The predicted molar refractivity (Wildman–Crippen MR) is 140 cm³/mol. The largest absolute Gasteiger partial charge is 0.469 e. The first-order chi connectivity index (χ1) is 15.8. The number of furan rings is 1. The van der Waals surface area contributed by atoms with Crippen LogP contribution in [0.15, 0.2) is 52.2 Å². The number of H-pyrrole nitrogens is 1. The van der Waals surface area contributed by atoms with Crippen molar-refractivity contribution in [1.29, 1.82) is 0 Å². The maximum atomic E-state index is 13.4. The standard InChI is InChI=1S/C24H32FN5O2.HI/c25-20-4-5-22-19(18-29-23(22)17-20)6-9-27-24(28-10-7-21-3-1-14-32-21)26-8-2-11-30-12-15-31-16-13-30;/h1,3-5,14,17-18,29H,2,6-13,15-16H2,(H2,26,27,28);1H. The van der Waals surface area contributed by atoms with Gasteiger partial charge in [-0.15, -0.1) is 24.0 Å². The fourth-order valence-corrected chi connectivity index (χ4v) is 3.92. The number of morpholine rings is 1. The Balaban J connectivity index is 0.00000306. The van der Waals surface area contributed by atoms with Gasteiger partial charge in [-0.1, -0.05) is 0 Å². The van der Waals surface area contributed by atoms with Crippen molar-refractivity contribution < 1.29 is 13.5 Å². The van der Waals surface area contributed by atoms with Crippen molar-refractivity contribution in [1.82, 2.24) is 20.5 Å². The zero-order valence-electron chi connectivity index (χ0n) is 18.8. The maximum absolute atomic E-state index is 13.4. The summed E-state index contributed by atoms with van der Waals surface area (Å²) < 4.78 is 24.2. The molecule has 0 spiro atoms. The number of aromatic nitrogens is 1. The van der Waals surface area contributed by atoms with E-state index >= 15 is 0 Å². The van der Waals surface area contributed by atoms with E-state index in [1.807, 2.05) is 24.4 Å². The Kier molecular flexibility index (Phi) is 10.5. The van der Waals surface area contributed by atoms with Crippen LogP contribution in [0.4, 0.5) is 4.39 Å². The van der Waals surface area contributed by atoms with Crippen molar-refractivity contribution in [2.75, 3.05) is 52.5 Å². The van der Waals surface area contributed by atoms with E-state index in [0.717, 1.165) is 99.9 Å². The van der Waals surface area contributed by atoms with Crippen LogP contribution < -0.4 is 10.6 Å². The topological polar surface area (TPSA) is 77.8 Å². The summed E-state index contributed by atoms with van der Waals surface area (Å²) >= 11 is 0. The molecule has 9 heteroatoms. The van der Waals surface area contributed by atoms with Gasteiger partial charge in [0.1, 0.15) is 11.6 Å². The average Bonchev–Trinajstić information content (AvgIpc) is 3.47. The Labute approximate surface area is 211 Å². The average molecular weight is 569 g/mol. The summed E-state index contributed by atoms with van der Waals surface area (Å²) in [5.74, 6) is 1.54. The molecule has 0 aliphatic carbocycles. The maximum Gasteiger partial charge on any atom is 0.191 e. The van der Waals surface area contributed by atoms with Gasteiger partial charge in [-0.25, -0.2) is 4.39 Å². The summed E-state index contributed by atoms with van der Waals surface area (Å²) in [7, 11) is 0. The van der Waals surface area contributed by atoms with E-state index in [1.54, 1.807) is 6.26 Å². The minimum atomic E-state index is -0.226. The lowest BCUT2D eigenvalue weighted by molar-refractivity contribution is 0.0377. The Morgan fingerprint density at radius 1 is 1.12 bits per heavy atom. The van der Waals surface area contributed by atoms with Gasteiger partial charge in [-0.2, -0.15) is 0 Å². The molecule has 3 heterocycles. The quantitative estimate of drug-likeness (QED) is 0.151. The molecule has 0 radical (unpaired) electrons. The zero-order chi connectivity index (χ0) is 22.0. The highest BCUT2D eigenvalue weighted by molar-refractivity contribution is 14.0. The molecule has 1 aliphatic rings. The zero-order valence-corrected chi connectivity index (χ0v) is 21.1. The first-order valence-electron chi connectivity index (χ1n) is 11.4. The lowest BCUT2D eigenvalue weighted by Gasteiger charge is -2.26. The number of benzene rings is 1. The van der Waals surface area contributed by atoms with Crippen molar-refractivity contribution >= 4 is 40.8 Å². The summed E-state index contributed by atoms with van der Waals surface area (Å²) in [6.45, 7) is 6.94. The molecular formula is C24H33FIN5O2. The van der Waals surface area contributed by atoms with Crippen LogP contribution in [0, 0.1) is 5.82 Å². The number of halogens is 2. The number of aliphatic imine (C=N–C) groups is 1. The Hall–Kier alpha value is -2.11. The number of aromatic amines is 1. The molecule has 0 unspecified atom stereocenters. The number of nitrogens with zero attached hydrogens (tertiary/aromatic N) is 2. The van der Waals surface area contributed by atoms with E-state index in [9.17, 15) is 4.39 Å². The van der Waals surface area contributed by atoms with Gasteiger partial charge in [-0.3, -0.25) is 9.89 Å². The third-order valence-corrected chi connectivity index (χ3v) is 5.67. The summed E-state index contributed by atoms with van der Waals surface area (Å²) in [4.78, 5) is 10.3. The second-order valence-corrected chi connectivity index (χ2v) is 7.97. The molecular weight excluding hydrogens is 536 g/mol. The van der Waals surface area contributed by atoms with Crippen molar-refractivity contribution in [3.8, 4) is 0 Å². The Morgan fingerprint density at radius 3 is 2.73 bits per heavy atom. The van der Waals surface area contributed by atoms with Crippen LogP contribution in [0.1, 0.15) is 17.7 Å². The first kappa shape index (κ1) is 25.5. The highest BCUT2D eigenvalue weighted by Crippen LogP contribution is 2.19. The Bertz CT molecular complexity index is 986. The summed E-state index contributed by atoms with van der Waals surface area (Å²) in [5.41, 5.74) is 1.99. The monoisotopic (exact) mass is 569 g/mol. The van der Waals surface area contributed by atoms with Crippen LogP contribution >= 0.6 is 24.0 Å². The van der Waals surface area contributed by atoms with Crippen LogP contribution in [0.25, 0.3) is 10.9 Å². The molecule has 180 valence electrons. The molecule has 4 rings (SSSR count). The van der Waals surface area contributed by atoms with Gasteiger partial charge in [0.25, 0.3) is 0 Å². The molecule has 1 aromatic carbocycles. The van der Waals surface area contributed by atoms with Crippen molar-refractivity contribution in [2.45, 2.75) is 19.3 Å². The second kappa shape index (κ2) is 13.6. The molecule has 1 fully saturated rings. The molecule has 0 amide bonds. The van der Waals surface area contributed by atoms with E-state index in [1.165, 1.54) is 12.1 Å². The van der Waals surface area contributed by atoms with Gasteiger partial charge >= 0.3 is 0 Å². The fraction of sp³-hybridized carbons (Fsp3) is 0.458. The third kappa shape index (κ3) is 8.01. The van der Waals surface area contributed by atoms with E-state index < -0.39 is 0 Å². The van der Waals surface area contributed by atoms with Gasteiger partial charge < -0.3 is 24.8 Å². The van der Waals surface area contributed by atoms with Crippen molar-refractivity contribution in [3.05, 3.63) is 59.9 Å². The van der Waals surface area contributed by atoms with Crippen LogP contribution in [-0.2, 0) is 17.6 Å². The molecule has 33 heavy (non-hydrogen) atoms. The molecule has 2 aromatic heterocycles. The van der Waals surface area contributed by atoms with E-state index in [-0.39, 0.29) is 29.8 Å². The molecule has 3 aromatic rings. The van der Waals surface area contributed by atoms with Gasteiger partial charge in [0.05, 0.1) is 19.5 Å². The lowest BCUT2D eigenvalue weighted by atomic mass is 10.1. The number of hydrogen-bond donors (Lipinski definition) is 3. The number of fused-ring (bicyclic) bond motifs is 1. The highest BCUT2D eigenvalue weighted by Gasteiger charge is 2.09. The van der Waals surface area contributed by atoms with Gasteiger partial charge in [-0.05, 0) is 48.7 Å². The van der Waals surface area contributed by atoms with Crippen LogP contribution in [0.5, 0.6) is 0 Å². The number of rotatable bonds is 10. The molecule has 3 N–H and O–H groups in total. The van der Waals surface area contributed by atoms with Crippen LogP contribution in [-0.4, -0.2) is 68.3 Å². The number of guanidine groups is 1. The highest BCUT2D eigenvalue weighted by atomic mass is 127. The van der Waals surface area contributed by atoms with Crippen molar-refractivity contribution in [3.63, 3.8) is 0 Å². The number of ether oxygens (including phenoxy) is 1. The van der Waals surface area contributed by atoms with Crippen molar-refractivity contribution in [2.24, 2.45) is 4.99 Å². The molecule has 1 aliphatic heterocycles. The number of nitrogens with one attached hydrogen (secondary N) is 3. The second-order valence-electron chi connectivity index (χ2n) is 7.97. The van der Waals surface area contributed by atoms with E-state index in [0.29, 0.717) is 0 Å². The fourth-order valence-electron chi connectivity index (χ4n) is 3.92. The third-order valence-electron chi connectivity index (χ3n) is 5.67. The molecule has 0 bridgehead atoms. The van der Waals surface area contributed by atoms with E-state index in [4.69, 9.17) is 14.1 Å². The molecule has 0 atom stereocenters. The molecule has 1 saturated heterocycles. The van der Waals surface area contributed by atoms with Gasteiger partial charge in [0.2, 0.25) is 0 Å². The van der Waals surface area contributed by atoms with Gasteiger partial charge in [0.15, 0.2) is 5.96 Å². The van der Waals surface area contributed by atoms with Crippen LogP contribution in [0.3, 0.4) is 0 Å². The first-order valence-corrected chi connectivity index (χ1v) is 11.4. The SMILES string of the molecule is Fc1ccc2c(CCNC(=NCCCN3CCOCC3)NCCc3ccco3)c[nH]c2c1.I. The summed E-state index contributed by atoms with van der Waals surface area (Å²) in [5, 5.41) is 7.91. The smallest absolute Gasteiger partial charge is 0.191 e. The Morgan fingerprint density at radius 2 is 1.94 bits per heavy atom. The minimum Gasteiger partial charge on any atom is -0.469 e. The summed E-state index contributed by atoms with van der Waals surface area (Å²) in [6.07, 6.45) is 6.28. The van der Waals surface area contributed by atoms with Crippen LogP contribution in [0.2, 0.25) is 0 Å². The molecule has 7 nitrogen and oxygen atoms in total.